The number of carbonyl (C=O) groups excluding carboxylic acids is 1. The second kappa shape index (κ2) is 5.04. The highest BCUT2D eigenvalue weighted by molar-refractivity contribution is 5.89. The first-order chi connectivity index (χ1) is 12.0. The molecule has 1 N–H and O–H groups in total. The van der Waals surface area contributed by atoms with Crippen LogP contribution in [0.2, 0.25) is 0 Å². The fraction of sp³-hybridized carbons (Fsp3) is 0.632. The monoisotopic (exact) mass is 346 g/mol. The zero-order valence-corrected chi connectivity index (χ0v) is 14.3. The predicted octanol–water partition coefficient (Wildman–Crippen LogP) is 1.51. The van der Waals surface area contributed by atoms with Crippen LogP contribution in [0.3, 0.4) is 0 Å². The zero-order chi connectivity index (χ0) is 17.4. The first-order valence-electron chi connectivity index (χ1n) is 8.85. The van der Waals surface area contributed by atoms with Crippen LogP contribution in [-0.4, -0.2) is 53.5 Å². The number of hydrogen-bond acceptors (Lipinski definition) is 6. The van der Waals surface area contributed by atoms with E-state index in [1.165, 1.54) is 0 Å². The van der Waals surface area contributed by atoms with Crippen LogP contribution in [0.25, 0.3) is 0 Å². The summed E-state index contributed by atoms with van der Waals surface area (Å²) in [7, 11) is 0. The van der Waals surface area contributed by atoms with Gasteiger partial charge in [0.2, 0.25) is 0 Å². The quantitative estimate of drug-likeness (QED) is 0.660. The van der Waals surface area contributed by atoms with Crippen molar-refractivity contribution < 1.29 is 28.8 Å². The van der Waals surface area contributed by atoms with E-state index in [2.05, 4.69) is 0 Å². The summed E-state index contributed by atoms with van der Waals surface area (Å²) in [4.78, 5) is 12.5. The van der Waals surface area contributed by atoms with Gasteiger partial charge in [0.05, 0.1) is 24.4 Å². The van der Waals surface area contributed by atoms with E-state index in [1.807, 2.05) is 32.0 Å². The Hall–Kier alpha value is -1.47. The van der Waals surface area contributed by atoms with Crippen molar-refractivity contribution in [1.82, 2.24) is 0 Å². The number of esters is 1. The first-order valence-corrected chi connectivity index (χ1v) is 8.85. The molecule has 0 bridgehead atoms. The zero-order valence-electron chi connectivity index (χ0n) is 14.3. The van der Waals surface area contributed by atoms with Gasteiger partial charge in [-0.25, -0.2) is 4.79 Å². The van der Waals surface area contributed by atoms with Gasteiger partial charge in [-0.05, 0) is 32.4 Å². The molecule has 6 nitrogen and oxygen atoms in total. The van der Waals surface area contributed by atoms with Gasteiger partial charge < -0.3 is 24.1 Å². The van der Waals surface area contributed by atoms with Gasteiger partial charge in [-0.3, -0.25) is 0 Å². The molecule has 4 fully saturated rings. The smallest absolute Gasteiger partial charge is 0.338 e. The number of hydrogen-bond donors (Lipinski definition) is 1. The normalized spacial score (nSPS) is 45.6. The van der Waals surface area contributed by atoms with Crippen LogP contribution in [0.1, 0.15) is 30.6 Å². The highest BCUT2D eigenvalue weighted by Crippen LogP contribution is 2.65. The Kier molecular flexibility index (Phi) is 3.18. The lowest BCUT2D eigenvalue weighted by Crippen LogP contribution is -2.38. The lowest BCUT2D eigenvalue weighted by atomic mass is 9.89. The largest absolute Gasteiger partial charge is 0.456 e. The van der Waals surface area contributed by atoms with Gasteiger partial charge in [-0.1, -0.05) is 18.2 Å². The minimum Gasteiger partial charge on any atom is -0.456 e. The van der Waals surface area contributed by atoms with Crippen LogP contribution in [0.4, 0.5) is 0 Å². The van der Waals surface area contributed by atoms with E-state index in [0.717, 1.165) is 6.42 Å². The van der Waals surface area contributed by atoms with Crippen molar-refractivity contribution in [3.8, 4) is 0 Å². The van der Waals surface area contributed by atoms with Gasteiger partial charge in [-0.15, -0.1) is 0 Å². The molecule has 2 heterocycles. The van der Waals surface area contributed by atoms with E-state index in [0.29, 0.717) is 5.56 Å². The second-order valence-corrected chi connectivity index (χ2v) is 7.95. The van der Waals surface area contributed by atoms with Crippen LogP contribution in [0.15, 0.2) is 30.3 Å². The van der Waals surface area contributed by atoms with Crippen molar-refractivity contribution in [3.63, 3.8) is 0 Å². The van der Waals surface area contributed by atoms with Crippen molar-refractivity contribution in [2.45, 2.75) is 56.1 Å². The molecule has 0 spiro atoms. The van der Waals surface area contributed by atoms with E-state index in [-0.39, 0.29) is 48.8 Å². The van der Waals surface area contributed by atoms with E-state index in [1.54, 1.807) is 12.1 Å². The number of rotatable bonds is 3. The fourth-order valence-corrected chi connectivity index (χ4v) is 5.18. The molecule has 7 atom stereocenters. The Morgan fingerprint density at radius 2 is 2.00 bits per heavy atom. The lowest BCUT2D eigenvalue weighted by molar-refractivity contribution is -0.168. The van der Waals surface area contributed by atoms with E-state index in [4.69, 9.17) is 18.9 Å². The molecule has 5 rings (SSSR count). The maximum Gasteiger partial charge on any atom is 0.338 e. The maximum atomic E-state index is 12.5. The van der Waals surface area contributed by atoms with Crippen molar-refractivity contribution in [3.05, 3.63) is 35.9 Å². The molecular weight excluding hydrogens is 324 g/mol. The number of benzene rings is 1. The Morgan fingerprint density at radius 3 is 2.72 bits per heavy atom. The number of aliphatic hydroxyl groups excluding tert-OH is 1. The van der Waals surface area contributed by atoms with Gasteiger partial charge in [-0.2, -0.15) is 0 Å². The van der Waals surface area contributed by atoms with Gasteiger partial charge in [0, 0.05) is 11.8 Å². The van der Waals surface area contributed by atoms with Gasteiger partial charge in [0.1, 0.15) is 17.8 Å². The minimum absolute atomic E-state index is 0.0113. The third kappa shape index (κ3) is 2.15. The van der Waals surface area contributed by atoms with Crippen LogP contribution in [-0.2, 0) is 18.9 Å². The molecule has 3 unspecified atom stereocenters. The molecule has 0 aromatic heterocycles. The van der Waals surface area contributed by atoms with Crippen molar-refractivity contribution >= 4 is 5.97 Å². The second-order valence-electron chi connectivity index (χ2n) is 7.95. The molecule has 134 valence electrons. The van der Waals surface area contributed by atoms with Crippen molar-refractivity contribution in [1.29, 1.82) is 0 Å². The molecule has 0 amide bonds. The molecule has 2 saturated heterocycles. The molecule has 2 saturated carbocycles. The maximum absolute atomic E-state index is 12.5. The van der Waals surface area contributed by atoms with E-state index >= 15 is 0 Å². The number of fused-ring (bicyclic) bond motifs is 5. The number of ether oxygens (including phenoxy) is 4. The Bertz CT molecular complexity index is 703. The van der Waals surface area contributed by atoms with Gasteiger partial charge in [0.15, 0.2) is 5.79 Å². The van der Waals surface area contributed by atoms with Crippen LogP contribution in [0.5, 0.6) is 0 Å². The number of carbonyl (C=O) groups is 1. The molecule has 0 radical (unpaired) electrons. The summed E-state index contributed by atoms with van der Waals surface area (Å²) < 4.78 is 23.8. The summed E-state index contributed by atoms with van der Waals surface area (Å²) in [5.41, 5.74) is -0.136. The summed E-state index contributed by atoms with van der Waals surface area (Å²) in [5, 5.41) is 9.97. The Labute approximate surface area is 146 Å². The van der Waals surface area contributed by atoms with Crippen molar-refractivity contribution in [2.75, 3.05) is 6.61 Å². The molecular formula is C19H22O6. The summed E-state index contributed by atoms with van der Waals surface area (Å²) in [6.07, 6.45) is -0.0408. The summed E-state index contributed by atoms with van der Waals surface area (Å²) in [5.74, 6) is -0.902. The summed E-state index contributed by atoms with van der Waals surface area (Å²) in [6, 6.07) is 8.95. The lowest BCUT2D eigenvalue weighted by Gasteiger charge is -2.28. The first kappa shape index (κ1) is 15.8. The van der Waals surface area contributed by atoms with Crippen LogP contribution in [0, 0.1) is 11.8 Å². The molecule has 1 aromatic rings. The van der Waals surface area contributed by atoms with E-state index in [9.17, 15) is 9.90 Å². The predicted molar refractivity (Wildman–Crippen MR) is 85.8 cm³/mol. The van der Waals surface area contributed by atoms with E-state index < -0.39 is 11.4 Å². The van der Waals surface area contributed by atoms with Crippen molar-refractivity contribution in [2.24, 2.45) is 11.8 Å². The molecule has 2 aliphatic carbocycles. The highest BCUT2D eigenvalue weighted by Gasteiger charge is 2.80. The summed E-state index contributed by atoms with van der Waals surface area (Å²) in [6.45, 7) is 3.71. The number of epoxide rings is 1. The Balaban J connectivity index is 1.40. The molecule has 25 heavy (non-hydrogen) atoms. The SMILES string of the molecule is CC1(C)O[C@H]2[C@H]3[C@@H](C[C@H]2O1)C(OC(=O)c1ccccc1)C1OC13CO. The average molecular weight is 346 g/mol. The standard InChI is InChI=1S/C19H22O6/c1-18(2)23-12-8-11-13(15(12)24-18)19(9-20)16(25-19)14(11)22-17(21)10-6-4-3-5-7-10/h3-7,11-16,20H,8-9H2,1-2H3/t11-,12-,13-,14?,15-,16?,19?/m1/s1. The topological polar surface area (TPSA) is 77.5 Å². The third-order valence-corrected chi connectivity index (χ3v) is 6.10. The molecule has 1 aromatic carbocycles. The van der Waals surface area contributed by atoms with Crippen LogP contribution >= 0.6 is 0 Å². The number of aliphatic hydroxyl groups is 1. The van der Waals surface area contributed by atoms with Crippen LogP contribution < -0.4 is 0 Å². The molecule has 2 aliphatic heterocycles. The fourth-order valence-electron chi connectivity index (χ4n) is 5.18. The Morgan fingerprint density at radius 1 is 1.24 bits per heavy atom. The third-order valence-electron chi connectivity index (χ3n) is 6.10. The minimum atomic E-state index is -0.657. The average Bonchev–Trinajstić information content (AvgIpc) is 3.00. The highest BCUT2D eigenvalue weighted by atomic mass is 16.8. The summed E-state index contributed by atoms with van der Waals surface area (Å²) >= 11 is 0. The van der Waals surface area contributed by atoms with Gasteiger partial charge in [0.25, 0.3) is 0 Å². The molecule has 4 aliphatic rings. The van der Waals surface area contributed by atoms with Gasteiger partial charge >= 0.3 is 5.97 Å². The molecule has 6 heteroatoms.